The van der Waals surface area contributed by atoms with Crippen LogP contribution < -0.4 is 5.32 Å². The molecule has 0 aliphatic rings. The normalized spacial score (nSPS) is 10.5. The summed E-state index contributed by atoms with van der Waals surface area (Å²) in [5, 5.41) is 3.08. The molecule has 0 amide bonds. The zero-order valence-corrected chi connectivity index (χ0v) is 8.95. The highest BCUT2D eigenvalue weighted by atomic mass is 16.3. The van der Waals surface area contributed by atoms with E-state index in [4.69, 9.17) is 4.42 Å². The summed E-state index contributed by atoms with van der Waals surface area (Å²) in [6.07, 6.45) is 5.42. The molecule has 3 heteroatoms. The molecule has 3 nitrogen and oxygen atoms in total. The zero-order valence-electron chi connectivity index (χ0n) is 8.95. The highest BCUT2D eigenvalue weighted by Crippen LogP contribution is 2.24. The molecule has 0 aliphatic carbocycles. The Bertz CT molecular complexity index is 448. The number of pyridine rings is 1. The molecule has 78 valence electrons. The van der Waals surface area contributed by atoms with Crippen LogP contribution in [-0.2, 0) is 6.54 Å². The first-order valence-electron chi connectivity index (χ1n) is 4.94. The van der Waals surface area contributed by atoms with Crippen LogP contribution in [-0.4, -0.2) is 12.0 Å². The maximum absolute atomic E-state index is 5.41. The highest BCUT2D eigenvalue weighted by molar-refractivity contribution is 5.64. The molecular formula is C12H14N2O. The van der Waals surface area contributed by atoms with Gasteiger partial charge in [-0.3, -0.25) is 4.98 Å². The van der Waals surface area contributed by atoms with E-state index in [2.05, 4.69) is 16.4 Å². The lowest BCUT2D eigenvalue weighted by atomic mass is 10.1. The Morgan fingerprint density at radius 3 is 3.00 bits per heavy atom. The molecule has 0 radical (unpaired) electrons. The number of nitrogens with zero attached hydrogens (tertiary/aromatic N) is 1. The average Bonchev–Trinajstić information content (AvgIpc) is 2.66. The lowest BCUT2D eigenvalue weighted by Crippen LogP contribution is -2.04. The van der Waals surface area contributed by atoms with Gasteiger partial charge in [-0.05, 0) is 31.7 Å². The fourth-order valence-electron chi connectivity index (χ4n) is 1.60. The van der Waals surface area contributed by atoms with Gasteiger partial charge in [0.05, 0.1) is 12.8 Å². The first-order chi connectivity index (χ1) is 7.31. The average molecular weight is 202 g/mol. The summed E-state index contributed by atoms with van der Waals surface area (Å²) >= 11 is 0. The summed E-state index contributed by atoms with van der Waals surface area (Å²) in [4.78, 5) is 4.18. The quantitative estimate of drug-likeness (QED) is 0.830. The molecule has 1 N–H and O–H groups in total. The molecule has 0 bridgehead atoms. The van der Waals surface area contributed by atoms with E-state index in [0.717, 1.165) is 29.0 Å². The van der Waals surface area contributed by atoms with Gasteiger partial charge in [-0.2, -0.15) is 0 Å². The van der Waals surface area contributed by atoms with Crippen LogP contribution in [0.25, 0.3) is 11.1 Å². The Balaban J connectivity index is 2.40. The van der Waals surface area contributed by atoms with Crippen molar-refractivity contribution in [2.45, 2.75) is 13.5 Å². The van der Waals surface area contributed by atoms with Crippen LogP contribution in [0.2, 0.25) is 0 Å². The van der Waals surface area contributed by atoms with Crippen molar-refractivity contribution in [2.24, 2.45) is 0 Å². The number of hydrogen-bond donors (Lipinski definition) is 1. The third-order valence-electron chi connectivity index (χ3n) is 2.27. The molecule has 2 aromatic rings. The predicted octanol–water partition coefficient (Wildman–Crippen LogP) is 2.37. The minimum absolute atomic E-state index is 0.732. The van der Waals surface area contributed by atoms with Gasteiger partial charge < -0.3 is 9.73 Å². The zero-order chi connectivity index (χ0) is 10.7. The van der Waals surface area contributed by atoms with E-state index in [1.807, 2.05) is 32.4 Å². The standard InChI is InChI=1S/C12H14N2O/c1-9-5-10(7-14-6-9)11-3-4-15-12(11)8-13-2/h3-7,13H,8H2,1-2H3. The van der Waals surface area contributed by atoms with E-state index in [0.29, 0.717) is 0 Å². The van der Waals surface area contributed by atoms with Gasteiger partial charge in [0.25, 0.3) is 0 Å². The maximum Gasteiger partial charge on any atom is 0.125 e. The van der Waals surface area contributed by atoms with Crippen LogP contribution in [0.4, 0.5) is 0 Å². The summed E-state index contributed by atoms with van der Waals surface area (Å²) in [7, 11) is 1.90. The van der Waals surface area contributed by atoms with Crippen LogP contribution in [0, 0.1) is 6.92 Å². The molecule has 0 unspecified atom stereocenters. The van der Waals surface area contributed by atoms with E-state index in [9.17, 15) is 0 Å². The minimum atomic E-state index is 0.732. The van der Waals surface area contributed by atoms with Gasteiger partial charge in [-0.25, -0.2) is 0 Å². The highest BCUT2D eigenvalue weighted by Gasteiger charge is 2.07. The van der Waals surface area contributed by atoms with Crippen molar-refractivity contribution in [1.29, 1.82) is 0 Å². The molecule has 2 rings (SSSR count). The fourth-order valence-corrected chi connectivity index (χ4v) is 1.60. The summed E-state index contributed by atoms with van der Waals surface area (Å²) in [5.74, 6) is 0.949. The van der Waals surface area contributed by atoms with Crippen LogP contribution in [0.1, 0.15) is 11.3 Å². The molecule has 0 saturated heterocycles. The molecule has 0 aromatic carbocycles. The first kappa shape index (κ1) is 9.93. The third kappa shape index (κ3) is 2.07. The topological polar surface area (TPSA) is 38.1 Å². The van der Waals surface area contributed by atoms with E-state index in [-0.39, 0.29) is 0 Å². The maximum atomic E-state index is 5.41. The predicted molar refractivity (Wildman–Crippen MR) is 59.4 cm³/mol. The molecule has 0 atom stereocenters. The molecule has 15 heavy (non-hydrogen) atoms. The number of rotatable bonds is 3. The second-order valence-corrected chi connectivity index (χ2v) is 3.54. The summed E-state index contributed by atoms with van der Waals surface area (Å²) in [5.41, 5.74) is 3.37. The molecular weight excluding hydrogens is 188 g/mol. The smallest absolute Gasteiger partial charge is 0.125 e. The van der Waals surface area contributed by atoms with Gasteiger partial charge in [-0.15, -0.1) is 0 Å². The van der Waals surface area contributed by atoms with Gasteiger partial charge in [0.2, 0.25) is 0 Å². The van der Waals surface area contributed by atoms with Crippen LogP contribution in [0.15, 0.2) is 35.2 Å². The molecule has 2 heterocycles. The summed E-state index contributed by atoms with van der Waals surface area (Å²) in [6.45, 7) is 2.77. The van der Waals surface area contributed by atoms with Gasteiger partial charge in [0.15, 0.2) is 0 Å². The number of hydrogen-bond acceptors (Lipinski definition) is 3. The molecule has 0 fully saturated rings. The second-order valence-electron chi connectivity index (χ2n) is 3.54. The summed E-state index contributed by atoms with van der Waals surface area (Å²) in [6, 6.07) is 4.08. The molecule has 2 aromatic heterocycles. The van der Waals surface area contributed by atoms with Gasteiger partial charge in [0.1, 0.15) is 5.76 Å². The van der Waals surface area contributed by atoms with E-state index in [1.54, 1.807) is 6.26 Å². The van der Waals surface area contributed by atoms with E-state index >= 15 is 0 Å². The van der Waals surface area contributed by atoms with Crippen LogP contribution in [0.3, 0.4) is 0 Å². The van der Waals surface area contributed by atoms with Crippen molar-refractivity contribution < 1.29 is 4.42 Å². The van der Waals surface area contributed by atoms with Crippen molar-refractivity contribution in [3.8, 4) is 11.1 Å². The number of furan rings is 1. The third-order valence-corrected chi connectivity index (χ3v) is 2.27. The van der Waals surface area contributed by atoms with Crippen molar-refractivity contribution in [1.82, 2.24) is 10.3 Å². The Morgan fingerprint density at radius 1 is 1.40 bits per heavy atom. The second kappa shape index (κ2) is 4.28. The number of aromatic nitrogens is 1. The lowest BCUT2D eigenvalue weighted by molar-refractivity contribution is 0.497. The molecule has 0 aliphatic heterocycles. The lowest BCUT2D eigenvalue weighted by Gasteiger charge is -2.02. The molecule has 0 spiro atoms. The van der Waals surface area contributed by atoms with Crippen molar-refractivity contribution >= 4 is 0 Å². The van der Waals surface area contributed by atoms with E-state index in [1.165, 1.54) is 0 Å². The Labute approximate surface area is 89.1 Å². The number of aryl methyl sites for hydroxylation is 1. The minimum Gasteiger partial charge on any atom is -0.467 e. The summed E-state index contributed by atoms with van der Waals surface area (Å²) < 4.78 is 5.41. The van der Waals surface area contributed by atoms with Crippen LogP contribution >= 0.6 is 0 Å². The Kier molecular flexibility index (Phi) is 2.83. The Morgan fingerprint density at radius 2 is 2.27 bits per heavy atom. The van der Waals surface area contributed by atoms with E-state index < -0.39 is 0 Å². The van der Waals surface area contributed by atoms with Gasteiger partial charge in [0, 0.05) is 23.5 Å². The molecule has 0 saturated carbocycles. The van der Waals surface area contributed by atoms with Gasteiger partial charge >= 0.3 is 0 Å². The van der Waals surface area contributed by atoms with Gasteiger partial charge in [-0.1, -0.05) is 0 Å². The SMILES string of the molecule is CNCc1occc1-c1cncc(C)c1. The number of nitrogens with one attached hydrogen (secondary N) is 1. The first-order valence-corrected chi connectivity index (χ1v) is 4.94. The largest absolute Gasteiger partial charge is 0.467 e. The fraction of sp³-hybridized carbons (Fsp3) is 0.250. The Hall–Kier alpha value is -1.61. The van der Waals surface area contributed by atoms with Crippen molar-refractivity contribution in [3.63, 3.8) is 0 Å². The van der Waals surface area contributed by atoms with Crippen molar-refractivity contribution in [3.05, 3.63) is 42.1 Å². The van der Waals surface area contributed by atoms with Crippen LogP contribution in [0.5, 0.6) is 0 Å². The monoisotopic (exact) mass is 202 g/mol. The van der Waals surface area contributed by atoms with Crippen molar-refractivity contribution in [2.75, 3.05) is 7.05 Å².